The van der Waals surface area contributed by atoms with Gasteiger partial charge in [0.05, 0.1) is 6.10 Å². The monoisotopic (exact) mass is 294 g/mol. The van der Waals surface area contributed by atoms with Gasteiger partial charge in [0.25, 0.3) is 0 Å². The summed E-state index contributed by atoms with van der Waals surface area (Å²) in [5, 5.41) is 0. The number of hydrogen-bond acceptors (Lipinski definition) is 3. The SMILES string of the molecule is CCOC1CC(N)(CN(CC)c2ccc(F)cc2)C1(C)C. The molecule has 0 heterocycles. The van der Waals surface area contributed by atoms with Crippen molar-refractivity contribution >= 4 is 5.69 Å². The van der Waals surface area contributed by atoms with E-state index >= 15 is 0 Å². The minimum atomic E-state index is -0.281. The van der Waals surface area contributed by atoms with Gasteiger partial charge < -0.3 is 15.4 Å². The highest BCUT2D eigenvalue weighted by atomic mass is 19.1. The molecule has 1 aliphatic rings. The number of halogens is 1. The van der Waals surface area contributed by atoms with Gasteiger partial charge in [-0.15, -0.1) is 0 Å². The molecule has 0 saturated heterocycles. The van der Waals surface area contributed by atoms with Gasteiger partial charge in [0, 0.05) is 36.3 Å². The van der Waals surface area contributed by atoms with Crippen molar-refractivity contribution in [2.75, 3.05) is 24.6 Å². The van der Waals surface area contributed by atoms with Gasteiger partial charge in [-0.25, -0.2) is 4.39 Å². The van der Waals surface area contributed by atoms with E-state index < -0.39 is 0 Å². The Morgan fingerprint density at radius 2 is 1.90 bits per heavy atom. The highest BCUT2D eigenvalue weighted by Crippen LogP contribution is 2.50. The van der Waals surface area contributed by atoms with Crippen molar-refractivity contribution in [3.05, 3.63) is 30.1 Å². The highest BCUT2D eigenvalue weighted by molar-refractivity contribution is 5.47. The predicted octanol–water partition coefficient (Wildman–Crippen LogP) is 3.18. The fourth-order valence-electron chi connectivity index (χ4n) is 3.15. The van der Waals surface area contributed by atoms with E-state index in [9.17, 15) is 4.39 Å². The van der Waals surface area contributed by atoms with Crippen molar-refractivity contribution in [1.82, 2.24) is 0 Å². The smallest absolute Gasteiger partial charge is 0.123 e. The second kappa shape index (κ2) is 5.93. The lowest BCUT2D eigenvalue weighted by Gasteiger charge is -2.60. The standard InChI is InChI=1S/C17H27FN2O/c1-5-20(14-9-7-13(18)8-10-14)12-17(19)11-15(21-6-2)16(17,3)4/h7-10,15H,5-6,11-12,19H2,1-4H3. The molecule has 4 heteroatoms. The van der Waals surface area contributed by atoms with Crippen LogP contribution in [-0.4, -0.2) is 31.3 Å². The van der Waals surface area contributed by atoms with Crippen LogP contribution in [0.15, 0.2) is 24.3 Å². The number of likely N-dealkylation sites (N-methyl/N-ethyl adjacent to an activating group) is 1. The molecule has 0 amide bonds. The zero-order valence-corrected chi connectivity index (χ0v) is 13.5. The molecule has 0 spiro atoms. The second-order valence-corrected chi connectivity index (χ2v) is 6.52. The van der Waals surface area contributed by atoms with Crippen LogP contribution < -0.4 is 10.6 Å². The Hall–Kier alpha value is -1.13. The van der Waals surface area contributed by atoms with E-state index in [1.807, 2.05) is 19.1 Å². The predicted molar refractivity (Wildman–Crippen MR) is 85.0 cm³/mol. The maximum atomic E-state index is 13.1. The Bertz CT molecular complexity index is 474. The summed E-state index contributed by atoms with van der Waals surface area (Å²) in [5.41, 5.74) is 7.32. The zero-order chi connectivity index (χ0) is 15.7. The van der Waals surface area contributed by atoms with Crippen LogP contribution in [0.2, 0.25) is 0 Å². The van der Waals surface area contributed by atoms with E-state index in [0.29, 0.717) is 0 Å². The molecule has 1 aromatic carbocycles. The number of hydrogen-bond donors (Lipinski definition) is 1. The van der Waals surface area contributed by atoms with Gasteiger partial charge in [0.2, 0.25) is 0 Å². The Morgan fingerprint density at radius 3 is 2.38 bits per heavy atom. The number of nitrogens with zero attached hydrogens (tertiary/aromatic N) is 1. The fraction of sp³-hybridized carbons (Fsp3) is 0.647. The van der Waals surface area contributed by atoms with Crippen molar-refractivity contribution in [3.8, 4) is 0 Å². The summed E-state index contributed by atoms with van der Waals surface area (Å²) in [6.07, 6.45) is 1.09. The second-order valence-electron chi connectivity index (χ2n) is 6.52. The summed E-state index contributed by atoms with van der Waals surface area (Å²) in [6.45, 7) is 10.8. The van der Waals surface area contributed by atoms with Crippen LogP contribution in [0.4, 0.5) is 10.1 Å². The summed E-state index contributed by atoms with van der Waals surface area (Å²) < 4.78 is 18.8. The first-order valence-corrected chi connectivity index (χ1v) is 7.75. The summed E-state index contributed by atoms with van der Waals surface area (Å²) in [4.78, 5) is 2.21. The first kappa shape index (κ1) is 16.2. The van der Waals surface area contributed by atoms with Gasteiger partial charge in [-0.1, -0.05) is 13.8 Å². The molecule has 1 saturated carbocycles. The van der Waals surface area contributed by atoms with Gasteiger partial charge in [0.1, 0.15) is 5.82 Å². The van der Waals surface area contributed by atoms with Crippen molar-refractivity contribution in [1.29, 1.82) is 0 Å². The van der Waals surface area contributed by atoms with Crippen LogP contribution in [-0.2, 0) is 4.74 Å². The molecular weight excluding hydrogens is 267 g/mol. The number of rotatable bonds is 6. The third kappa shape index (κ3) is 2.92. The molecule has 2 unspecified atom stereocenters. The van der Waals surface area contributed by atoms with Crippen LogP contribution in [0.1, 0.15) is 34.1 Å². The first-order chi connectivity index (χ1) is 9.84. The van der Waals surface area contributed by atoms with E-state index in [1.54, 1.807) is 0 Å². The maximum absolute atomic E-state index is 13.1. The molecule has 3 nitrogen and oxygen atoms in total. The van der Waals surface area contributed by atoms with Crippen molar-refractivity contribution in [2.24, 2.45) is 11.1 Å². The molecular formula is C17H27FN2O. The number of benzene rings is 1. The maximum Gasteiger partial charge on any atom is 0.123 e. The molecule has 0 radical (unpaired) electrons. The summed E-state index contributed by atoms with van der Waals surface area (Å²) >= 11 is 0. The largest absolute Gasteiger partial charge is 0.378 e. The third-order valence-corrected chi connectivity index (χ3v) is 5.05. The normalized spacial score (nSPS) is 27.2. The van der Waals surface area contributed by atoms with Gasteiger partial charge in [-0.3, -0.25) is 0 Å². The Morgan fingerprint density at radius 1 is 1.29 bits per heavy atom. The molecule has 2 N–H and O–H groups in total. The van der Waals surface area contributed by atoms with Crippen LogP contribution >= 0.6 is 0 Å². The van der Waals surface area contributed by atoms with Crippen LogP contribution in [0.25, 0.3) is 0 Å². The topological polar surface area (TPSA) is 38.5 Å². The zero-order valence-electron chi connectivity index (χ0n) is 13.5. The summed E-state index contributed by atoms with van der Waals surface area (Å²) in [5.74, 6) is -0.211. The quantitative estimate of drug-likeness (QED) is 0.875. The minimum Gasteiger partial charge on any atom is -0.378 e. The third-order valence-electron chi connectivity index (χ3n) is 5.05. The van der Waals surface area contributed by atoms with Gasteiger partial charge >= 0.3 is 0 Å². The van der Waals surface area contributed by atoms with E-state index in [2.05, 4.69) is 25.7 Å². The van der Waals surface area contributed by atoms with Crippen molar-refractivity contribution < 1.29 is 9.13 Å². The Balaban J connectivity index is 2.10. The van der Waals surface area contributed by atoms with Gasteiger partial charge in [0.15, 0.2) is 0 Å². The lowest BCUT2D eigenvalue weighted by molar-refractivity contribution is -0.146. The van der Waals surface area contributed by atoms with Crippen molar-refractivity contribution in [3.63, 3.8) is 0 Å². The molecule has 118 valence electrons. The lowest BCUT2D eigenvalue weighted by atomic mass is 9.54. The highest BCUT2D eigenvalue weighted by Gasteiger charge is 2.58. The molecule has 1 fully saturated rings. The molecule has 21 heavy (non-hydrogen) atoms. The minimum absolute atomic E-state index is 0.0591. The van der Waals surface area contributed by atoms with Crippen molar-refractivity contribution in [2.45, 2.75) is 45.8 Å². The average molecular weight is 294 g/mol. The Kier molecular flexibility index (Phi) is 4.59. The average Bonchev–Trinajstić information content (AvgIpc) is 2.45. The molecule has 2 rings (SSSR count). The first-order valence-electron chi connectivity index (χ1n) is 7.75. The summed E-state index contributed by atoms with van der Waals surface area (Å²) in [6, 6.07) is 6.62. The molecule has 2 atom stereocenters. The summed E-state index contributed by atoms with van der Waals surface area (Å²) in [7, 11) is 0. The molecule has 0 aromatic heterocycles. The van der Waals surface area contributed by atoms with E-state index in [0.717, 1.165) is 31.8 Å². The van der Waals surface area contributed by atoms with Crippen LogP contribution in [0.3, 0.4) is 0 Å². The van der Waals surface area contributed by atoms with Gasteiger partial charge in [-0.05, 0) is 44.5 Å². The van der Waals surface area contributed by atoms with Gasteiger partial charge in [-0.2, -0.15) is 0 Å². The van der Waals surface area contributed by atoms with Crippen LogP contribution in [0.5, 0.6) is 0 Å². The van der Waals surface area contributed by atoms with E-state index in [1.165, 1.54) is 12.1 Å². The lowest BCUT2D eigenvalue weighted by Crippen LogP contribution is -2.73. The molecule has 0 aliphatic heterocycles. The molecule has 1 aromatic rings. The van der Waals surface area contributed by atoms with E-state index in [4.69, 9.17) is 10.5 Å². The van der Waals surface area contributed by atoms with E-state index in [-0.39, 0.29) is 22.9 Å². The number of ether oxygens (including phenoxy) is 1. The van der Waals surface area contributed by atoms with Crippen LogP contribution in [0, 0.1) is 11.2 Å². The Labute approximate surface area is 127 Å². The molecule has 1 aliphatic carbocycles. The fourth-order valence-corrected chi connectivity index (χ4v) is 3.15. The number of anilines is 1. The number of nitrogens with two attached hydrogens (primary N) is 1. The molecule has 0 bridgehead atoms.